The van der Waals surface area contributed by atoms with Crippen molar-refractivity contribution in [3.63, 3.8) is 0 Å². The Balaban J connectivity index is 1.52. The fourth-order valence-corrected chi connectivity index (χ4v) is 4.03. The predicted molar refractivity (Wildman–Crippen MR) is 123 cm³/mol. The first-order valence-corrected chi connectivity index (χ1v) is 11.2. The highest BCUT2D eigenvalue weighted by atomic mass is 16.1. The van der Waals surface area contributed by atoms with Crippen LogP contribution in [-0.4, -0.2) is 93.1 Å². The highest BCUT2D eigenvalue weighted by Gasteiger charge is 2.30. The van der Waals surface area contributed by atoms with E-state index in [1.165, 1.54) is 0 Å². The van der Waals surface area contributed by atoms with Crippen LogP contribution in [0, 0.1) is 0 Å². The Morgan fingerprint density at radius 2 is 1.94 bits per heavy atom. The van der Waals surface area contributed by atoms with E-state index in [4.69, 9.17) is 0 Å². The van der Waals surface area contributed by atoms with Gasteiger partial charge >= 0.3 is 0 Å². The minimum Gasteiger partial charge on any atom is -0.351 e. The van der Waals surface area contributed by atoms with Crippen LogP contribution in [0.15, 0.2) is 36.8 Å². The number of hydrogen-bond donors (Lipinski definition) is 1. The van der Waals surface area contributed by atoms with Crippen molar-refractivity contribution in [2.24, 2.45) is 0 Å². The average molecular weight is 438 g/mol. The lowest BCUT2D eigenvalue weighted by Crippen LogP contribution is -2.48. The summed E-state index contributed by atoms with van der Waals surface area (Å²) in [6.07, 6.45) is 5.35. The SMILES string of the molecule is CCN(CC)CCNC(=O)c1ccc2nnc([C@@H]3CN(c4ncccn4)CCN3C)n2c1. The Morgan fingerprint density at radius 3 is 2.69 bits per heavy atom. The molecule has 10 heteroatoms. The van der Waals surface area contributed by atoms with Crippen LogP contribution >= 0.6 is 0 Å². The smallest absolute Gasteiger partial charge is 0.252 e. The van der Waals surface area contributed by atoms with Crippen LogP contribution in [0.1, 0.15) is 36.1 Å². The normalized spacial score (nSPS) is 17.2. The molecule has 4 heterocycles. The number of hydrogen-bond acceptors (Lipinski definition) is 8. The minimum atomic E-state index is -0.0879. The molecule has 32 heavy (non-hydrogen) atoms. The van der Waals surface area contributed by atoms with E-state index in [0.29, 0.717) is 24.6 Å². The van der Waals surface area contributed by atoms with Gasteiger partial charge in [-0.2, -0.15) is 0 Å². The molecule has 3 aromatic heterocycles. The second-order valence-electron chi connectivity index (χ2n) is 7.98. The molecule has 3 aromatic rings. The number of nitrogens with zero attached hydrogens (tertiary/aromatic N) is 8. The van der Waals surface area contributed by atoms with Crippen molar-refractivity contribution < 1.29 is 4.79 Å². The van der Waals surface area contributed by atoms with Crippen molar-refractivity contribution in [2.45, 2.75) is 19.9 Å². The van der Waals surface area contributed by atoms with Gasteiger partial charge in [-0.25, -0.2) is 9.97 Å². The molecule has 1 aliphatic rings. The second kappa shape index (κ2) is 10.0. The number of nitrogens with one attached hydrogen (secondary N) is 1. The first-order valence-electron chi connectivity index (χ1n) is 11.2. The van der Waals surface area contributed by atoms with Crippen LogP contribution in [0.25, 0.3) is 5.65 Å². The van der Waals surface area contributed by atoms with Crippen molar-refractivity contribution >= 4 is 17.5 Å². The van der Waals surface area contributed by atoms with Gasteiger partial charge in [-0.3, -0.25) is 14.1 Å². The van der Waals surface area contributed by atoms with Crippen LogP contribution < -0.4 is 10.2 Å². The van der Waals surface area contributed by atoms with E-state index in [1.54, 1.807) is 18.5 Å². The standard InChI is InChI=1S/C22H31N9O/c1-4-29(5-2)12-11-23-21(32)17-7-8-19-26-27-20(31(19)15-17)18-16-30(14-13-28(18)3)22-24-9-6-10-25-22/h6-10,15,18H,4-5,11-14,16H2,1-3H3,(H,23,32)/t18-/m0/s1. The molecule has 0 saturated carbocycles. The van der Waals surface area contributed by atoms with E-state index in [1.807, 2.05) is 22.7 Å². The number of aromatic nitrogens is 5. The molecule has 1 N–H and O–H groups in total. The number of pyridine rings is 1. The summed E-state index contributed by atoms with van der Waals surface area (Å²) in [5.41, 5.74) is 1.32. The molecule has 1 amide bonds. The molecule has 0 radical (unpaired) electrons. The van der Waals surface area contributed by atoms with Crippen molar-refractivity contribution in [3.8, 4) is 0 Å². The van der Waals surface area contributed by atoms with E-state index in [9.17, 15) is 4.79 Å². The summed E-state index contributed by atoms with van der Waals surface area (Å²) in [5, 5.41) is 11.8. The monoisotopic (exact) mass is 437 g/mol. The molecular formula is C22H31N9O. The maximum absolute atomic E-state index is 12.7. The van der Waals surface area contributed by atoms with E-state index in [2.05, 4.69) is 61.1 Å². The van der Waals surface area contributed by atoms with Crippen LogP contribution in [0.5, 0.6) is 0 Å². The predicted octanol–water partition coefficient (Wildman–Crippen LogP) is 1.08. The molecule has 1 aliphatic heterocycles. The van der Waals surface area contributed by atoms with E-state index >= 15 is 0 Å². The Bertz CT molecular complexity index is 1030. The molecule has 4 rings (SSSR count). The third-order valence-electron chi connectivity index (χ3n) is 6.08. The number of piperazine rings is 1. The first kappa shape index (κ1) is 22.1. The zero-order chi connectivity index (χ0) is 22.5. The van der Waals surface area contributed by atoms with Crippen LogP contribution in [0.2, 0.25) is 0 Å². The Kier molecular flexibility index (Phi) is 6.91. The summed E-state index contributed by atoms with van der Waals surface area (Å²) in [4.78, 5) is 28.2. The van der Waals surface area contributed by atoms with Gasteiger partial charge in [0.1, 0.15) is 0 Å². The third-order valence-corrected chi connectivity index (χ3v) is 6.08. The lowest BCUT2D eigenvalue weighted by molar-refractivity contribution is 0.0948. The van der Waals surface area contributed by atoms with E-state index in [0.717, 1.165) is 44.2 Å². The summed E-state index contributed by atoms with van der Waals surface area (Å²) in [7, 11) is 2.08. The minimum absolute atomic E-state index is 0.00327. The van der Waals surface area contributed by atoms with Gasteiger partial charge in [0.2, 0.25) is 5.95 Å². The summed E-state index contributed by atoms with van der Waals surface area (Å²) in [6.45, 7) is 10.0. The van der Waals surface area contributed by atoms with Gasteiger partial charge in [0.25, 0.3) is 5.91 Å². The van der Waals surface area contributed by atoms with Gasteiger partial charge in [0, 0.05) is 51.3 Å². The molecule has 1 saturated heterocycles. The maximum Gasteiger partial charge on any atom is 0.252 e. The first-order chi connectivity index (χ1) is 15.6. The zero-order valence-corrected chi connectivity index (χ0v) is 19.0. The molecule has 0 aliphatic carbocycles. The zero-order valence-electron chi connectivity index (χ0n) is 19.0. The molecule has 10 nitrogen and oxygen atoms in total. The number of fused-ring (bicyclic) bond motifs is 1. The topological polar surface area (TPSA) is 94.8 Å². The number of carbonyl (C=O) groups excluding carboxylic acids is 1. The number of amides is 1. The summed E-state index contributed by atoms with van der Waals surface area (Å²) < 4.78 is 1.93. The molecule has 0 spiro atoms. The van der Waals surface area contributed by atoms with Crippen molar-refractivity contribution in [2.75, 3.05) is 57.8 Å². The van der Waals surface area contributed by atoms with Crippen LogP contribution in [0.4, 0.5) is 5.95 Å². The van der Waals surface area contributed by atoms with Gasteiger partial charge in [-0.05, 0) is 38.3 Å². The molecule has 0 unspecified atom stereocenters. The van der Waals surface area contributed by atoms with Gasteiger partial charge in [-0.1, -0.05) is 13.8 Å². The maximum atomic E-state index is 12.7. The fourth-order valence-electron chi connectivity index (χ4n) is 4.03. The summed E-state index contributed by atoms with van der Waals surface area (Å²) in [6, 6.07) is 5.47. The highest BCUT2D eigenvalue weighted by Crippen LogP contribution is 2.25. The molecular weight excluding hydrogens is 406 g/mol. The Labute approximate surface area is 188 Å². The number of carbonyl (C=O) groups is 1. The number of anilines is 1. The largest absolute Gasteiger partial charge is 0.351 e. The van der Waals surface area contributed by atoms with Gasteiger partial charge in [0.05, 0.1) is 11.6 Å². The number of rotatable bonds is 8. The van der Waals surface area contributed by atoms with E-state index < -0.39 is 0 Å². The molecule has 1 atom stereocenters. The average Bonchev–Trinajstić information content (AvgIpc) is 3.25. The van der Waals surface area contributed by atoms with Gasteiger partial charge in [0.15, 0.2) is 11.5 Å². The summed E-state index contributed by atoms with van der Waals surface area (Å²) in [5.74, 6) is 1.43. The molecule has 1 fully saturated rings. The van der Waals surface area contributed by atoms with E-state index in [-0.39, 0.29) is 11.9 Å². The van der Waals surface area contributed by atoms with Gasteiger partial charge < -0.3 is 15.1 Å². The number of likely N-dealkylation sites (N-methyl/N-ethyl adjacent to an activating group) is 2. The van der Waals surface area contributed by atoms with Crippen LogP contribution in [-0.2, 0) is 0 Å². The van der Waals surface area contributed by atoms with Crippen molar-refractivity contribution in [1.29, 1.82) is 0 Å². The van der Waals surface area contributed by atoms with Crippen molar-refractivity contribution in [1.82, 2.24) is 39.7 Å². The Hall–Kier alpha value is -3.11. The molecule has 170 valence electrons. The lowest BCUT2D eigenvalue weighted by atomic mass is 10.1. The summed E-state index contributed by atoms with van der Waals surface area (Å²) >= 11 is 0. The molecule has 0 aromatic carbocycles. The lowest BCUT2D eigenvalue weighted by Gasteiger charge is -2.38. The Morgan fingerprint density at radius 1 is 1.16 bits per heavy atom. The quantitative estimate of drug-likeness (QED) is 0.560. The molecule has 0 bridgehead atoms. The third kappa shape index (κ3) is 4.71. The van der Waals surface area contributed by atoms with Gasteiger partial charge in [-0.15, -0.1) is 10.2 Å². The highest BCUT2D eigenvalue weighted by molar-refractivity contribution is 5.94. The van der Waals surface area contributed by atoms with Crippen molar-refractivity contribution in [3.05, 3.63) is 48.2 Å². The fraction of sp³-hybridized carbons (Fsp3) is 0.500. The van der Waals surface area contributed by atoms with Crippen LogP contribution in [0.3, 0.4) is 0 Å². The second-order valence-corrected chi connectivity index (χ2v) is 7.98.